The third kappa shape index (κ3) is 3.77. The molecule has 1 aliphatic carbocycles. The Morgan fingerprint density at radius 2 is 1.78 bits per heavy atom. The predicted molar refractivity (Wildman–Crippen MR) is 109 cm³/mol. The zero-order valence-electron chi connectivity index (χ0n) is 14.2. The standard InChI is InChI=1S/C19H17N3O3S2/c23-17-18(20-14-9-2-1-3-10-14)26-19(21-17)22-27(24,25)16-12-6-8-13-7-4-5-11-15(13)16/h1-11,16,18,20H,12H2,(H,21,22,23). The Balaban J connectivity index is 1.48. The highest BCUT2D eigenvalue weighted by Crippen LogP contribution is 2.34. The fourth-order valence-electron chi connectivity index (χ4n) is 3.06. The van der Waals surface area contributed by atoms with Crippen LogP contribution in [0.2, 0.25) is 0 Å². The normalized spacial score (nSPS) is 21.5. The van der Waals surface area contributed by atoms with Gasteiger partial charge in [0, 0.05) is 5.69 Å². The summed E-state index contributed by atoms with van der Waals surface area (Å²) in [6, 6.07) is 16.7. The Hall–Kier alpha value is -2.58. The molecule has 2 aliphatic rings. The highest BCUT2D eigenvalue weighted by Gasteiger charge is 2.35. The van der Waals surface area contributed by atoms with E-state index in [1.165, 1.54) is 0 Å². The summed E-state index contributed by atoms with van der Waals surface area (Å²) in [5.41, 5.74) is 2.41. The Bertz CT molecular complexity index is 1030. The lowest BCUT2D eigenvalue weighted by Crippen LogP contribution is -2.33. The number of sulfonamides is 1. The topological polar surface area (TPSA) is 87.6 Å². The summed E-state index contributed by atoms with van der Waals surface area (Å²) in [7, 11) is -3.73. The van der Waals surface area contributed by atoms with E-state index in [4.69, 9.17) is 0 Å². The van der Waals surface area contributed by atoms with Crippen LogP contribution in [0.4, 0.5) is 5.69 Å². The van der Waals surface area contributed by atoms with Gasteiger partial charge in [0.2, 0.25) is 10.0 Å². The van der Waals surface area contributed by atoms with Crippen LogP contribution in [0.25, 0.3) is 6.08 Å². The van der Waals surface area contributed by atoms with Crippen LogP contribution in [0, 0.1) is 0 Å². The molecule has 0 aromatic heterocycles. The molecule has 4 rings (SSSR count). The second-order valence-corrected chi connectivity index (χ2v) is 9.12. The first kappa shape index (κ1) is 17.8. The molecule has 1 heterocycles. The fraction of sp³-hybridized carbons (Fsp3) is 0.158. The van der Waals surface area contributed by atoms with Crippen molar-refractivity contribution in [2.45, 2.75) is 17.0 Å². The minimum absolute atomic E-state index is 0.0977. The minimum Gasteiger partial charge on any atom is -0.365 e. The Morgan fingerprint density at radius 1 is 1.04 bits per heavy atom. The van der Waals surface area contributed by atoms with Gasteiger partial charge in [-0.3, -0.25) is 9.52 Å². The summed E-state index contributed by atoms with van der Waals surface area (Å²) in [5.74, 6) is -0.412. The number of nitrogens with zero attached hydrogens (tertiary/aromatic N) is 1. The van der Waals surface area contributed by atoms with Crippen LogP contribution in [0.15, 0.2) is 65.7 Å². The van der Waals surface area contributed by atoms with Crippen molar-refractivity contribution in [3.05, 3.63) is 71.8 Å². The molecule has 2 unspecified atom stereocenters. The summed E-state index contributed by atoms with van der Waals surface area (Å²) in [6.07, 6.45) is 4.15. The molecule has 0 radical (unpaired) electrons. The molecule has 0 bridgehead atoms. The first-order chi connectivity index (χ1) is 13.0. The number of hydrogen-bond donors (Lipinski definition) is 2. The molecule has 6 nitrogen and oxygen atoms in total. The van der Waals surface area contributed by atoms with Crippen LogP contribution in [0.5, 0.6) is 0 Å². The van der Waals surface area contributed by atoms with Gasteiger partial charge in [0.05, 0.1) is 0 Å². The van der Waals surface area contributed by atoms with Crippen molar-refractivity contribution in [3.8, 4) is 0 Å². The number of hydrogen-bond acceptors (Lipinski definition) is 5. The molecule has 0 saturated carbocycles. The lowest BCUT2D eigenvalue weighted by atomic mass is 9.97. The first-order valence-electron chi connectivity index (χ1n) is 8.41. The zero-order valence-corrected chi connectivity index (χ0v) is 15.8. The third-order valence-electron chi connectivity index (χ3n) is 4.33. The van der Waals surface area contributed by atoms with Gasteiger partial charge in [0.25, 0.3) is 5.91 Å². The molecular weight excluding hydrogens is 382 g/mol. The monoisotopic (exact) mass is 399 g/mol. The van der Waals surface area contributed by atoms with E-state index in [1.807, 2.05) is 66.7 Å². The average Bonchev–Trinajstić information content (AvgIpc) is 3.00. The molecule has 8 heteroatoms. The molecule has 0 spiro atoms. The van der Waals surface area contributed by atoms with Crippen LogP contribution >= 0.6 is 11.8 Å². The number of rotatable bonds is 4. The van der Waals surface area contributed by atoms with Gasteiger partial charge in [-0.1, -0.05) is 66.4 Å². The molecule has 2 aromatic carbocycles. The maximum Gasteiger partial charge on any atom is 0.281 e. The maximum atomic E-state index is 12.9. The van der Waals surface area contributed by atoms with Crippen molar-refractivity contribution in [2.24, 2.45) is 4.99 Å². The number of nitrogens with one attached hydrogen (secondary N) is 2. The minimum atomic E-state index is -3.73. The van der Waals surface area contributed by atoms with Crippen molar-refractivity contribution in [1.82, 2.24) is 4.72 Å². The number of benzene rings is 2. The highest BCUT2D eigenvalue weighted by molar-refractivity contribution is 8.16. The highest BCUT2D eigenvalue weighted by atomic mass is 32.2. The van der Waals surface area contributed by atoms with Gasteiger partial charge < -0.3 is 5.32 Å². The molecule has 138 valence electrons. The Kier molecular flexibility index (Phi) is 4.75. The molecule has 0 fully saturated rings. The van der Waals surface area contributed by atoms with Crippen LogP contribution in [0.1, 0.15) is 22.8 Å². The molecule has 27 heavy (non-hydrogen) atoms. The van der Waals surface area contributed by atoms with E-state index >= 15 is 0 Å². The summed E-state index contributed by atoms with van der Waals surface area (Å²) in [5, 5.41) is 1.79. The molecule has 2 aromatic rings. The van der Waals surface area contributed by atoms with Crippen LogP contribution < -0.4 is 10.0 Å². The molecule has 1 amide bonds. The molecule has 1 aliphatic heterocycles. The summed E-state index contributed by atoms with van der Waals surface area (Å²) in [6.45, 7) is 0. The second kappa shape index (κ2) is 7.21. The largest absolute Gasteiger partial charge is 0.365 e. The summed E-state index contributed by atoms with van der Waals surface area (Å²) < 4.78 is 28.3. The molecule has 2 N–H and O–H groups in total. The predicted octanol–water partition coefficient (Wildman–Crippen LogP) is 3.13. The maximum absolute atomic E-state index is 12.9. The summed E-state index contributed by atoms with van der Waals surface area (Å²) >= 11 is 1.07. The Morgan fingerprint density at radius 3 is 2.59 bits per heavy atom. The van der Waals surface area contributed by atoms with Crippen molar-refractivity contribution in [3.63, 3.8) is 0 Å². The number of allylic oxidation sites excluding steroid dienone is 1. The van der Waals surface area contributed by atoms with Gasteiger partial charge in [0.15, 0.2) is 10.5 Å². The average molecular weight is 399 g/mol. The van der Waals surface area contributed by atoms with Crippen molar-refractivity contribution in [1.29, 1.82) is 0 Å². The number of amidine groups is 1. The van der Waals surface area contributed by atoms with E-state index < -0.39 is 26.6 Å². The number of thioether (sulfide) groups is 1. The van der Waals surface area contributed by atoms with Crippen molar-refractivity contribution in [2.75, 3.05) is 5.32 Å². The van der Waals surface area contributed by atoms with E-state index in [9.17, 15) is 13.2 Å². The van der Waals surface area contributed by atoms with E-state index in [2.05, 4.69) is 15.0 Å². The van der Waals surface area contributed by atoms with Crippen LogP contribution in [0.3, 0.4) is 0 Å². The second-order valence-electron chi connectivity index (χ2n) is 6.17. The number of carbonyl (C=O) groups is 1. The summed E-state index contributed by atoms with van der Waals surface area (Å²) in [4.78, 5) is 16.0. The van der Waals surface area contributed by atoms with E-state index in [0.717, 1.165) is 28.6 Å². The van der Waals surface area contributed by atoms with E-state index in [-0.39, 0.29) is 5.17 Å². The van der Waals surface area contributed by atoms with Crippen molar-refractivity contribution >= 4 is 44.6 Å². The Labute approximate surface area is 161 Å². The van der Waals surface area contributed by atoms with Gasteiger partial charge >= 0.3 is 0 Å². The number of amides is 1. The van der Waals surface area contributed by atoms with E-state index in [1.54, 1.807) is 0 Å². The number of para-hydroxylation sites is 1. The number of fused-ring (bicyclic) bond motifs is 1. The first-order valence-corrected chi connectivity index (χ1v) is 10.8. The van der Waals surface area contributed by atoms with Crippen molar-refractivity contribution < 1.29 is 13.2 Å². The van der Waals surface area contributed by atoms with Gasteiger partial charge in [-0.15, -0.1) is 0 Å². The van der Waals surface area contributed by atoms with Gasteiger partial charge in [0.1, 0.15) is 5.25 Å². The number of aliphatic imine (C=N–C) groups is 1. The third-order valence-corrected chi connectivity index (χ3v) is 7.11. The number of anilines is 1. The molecular formula is C19H17N3O3S2. The molecule has 2 atom stereocenters. The lowest BCUT2D eigenvalue weighted by Gasteiger charge is -2.22. The smallest absolute Gasteiger partial charge is 0.281 e. The lowest BCUT2D eigenvalue weighted by molar-refractivity contribution is -0.116. The van der Waals surface area contributed by atoms with Gasteiger partial charge in [-0.2, -0.15) is 4.99 Å². The van der Waals surface area contributed by atoms with Gasteiger partial charge in [-0.05, 0) is 29.7 Å². The van der Waals surface area contributed by atoms with Crippen LogP contribution in [-0.2, 0) is 14.8 Å². The number of carbonyl (C=O) groups excluding carboxylic acids is 1. The van der Waals surface area contributed by atoms with Crippen LogP contribution in [-0.4, -0.2) is 24.9 Å². The SMILES string of the molecule is O=C1N=C(NS(=O)(=O)C2CC=Cc3ccccc32)SC1Nc1ccccc1. The van der Waals surface area contributed by atoms with E-state index in [0.29, 0.717) is 6.42 Å². The quantitative estimate of drug-likeness (QED) is 0.825. The fourth-order valence-corrected chi connectivity index (χ4v) is 5.66. The zero-order chi connectivity index (χ0) is 18.9. The van der Waals surface area contributed by atoms with Gasteiger partial charge in [-0.25, -0.2) is 8.42 Å². The molecule has 0 saturated heterocycles.